The van der Waals surface area contributed by atoms with Crippen LogP contribution in [0.2, 0.25) is 20.1 Å². The Labute approximate surface area is 270 Å². The van der Waals surface area contributed by atoms with Gasteiger partial charge in [-0.1, -0.05) is 76.7 Å². The molecule has 6 nitrogen and oxygen atoms in total. The molecule has 2 heterocycles. The molecule has 1 atom stereocenters. The number of carbonyl (C=O) groups excluding carboxylic acids is 1. The third kappa shape index (κ3) is 5.85. The second-order valence-electron chi connectivity index (χ2n) is 9.50. The molecule has 0 aliphatic carbocycles. The van der Waals surface area contributed by atoms with Crippen molar-refractivity contribution in [3.8, 4) is 23.3 Å². The molecule has 214 valence electrons. The fourth-order valence-corrected chi connectivity index (χ4v) is 6.87. The van der Waals surface area contributed by atoms with E-state index in [9.17, 15) is 10.1 Å². The van der Waals surface area contributed by atoms with Crippen LogP contribution in [-0.4, -0.2) is 5.97 Å². The molecule has 0 amide bonds. The standard InChI is InChI=1S/C32H18Cl4N2O4S/c33-18-5-4-17(25(35)11-18)15-40-20-3-1-2-16(10-20)28-22-9-7-21(13-26(22)42-31(38)24(28)14-37)41-32(39)30-29(36)23-8-6-19(34)12-27(23)43-30/h1-13,28H,15,38H2. The zero-order valence-corrected chi connectivity index (χ0v) is 25.7. The van der Waals surface area contributed by atoms with Gasteiger partial charge < -0.3 is 19.9 Å². The summed E-state index contributed by atoms with van der Waals surface area (Å²) in [5, 5.41) is 12.6. The number of hydrogen-bond donors (Lipinski definition) is 1. The van der Waals surface area contributed by atoms with Crippen molar-refractivity contribution in [2.45, 2.75) is 12.5 Å². The number of benzene rings is 4. The molecule has 11 heteroatoms. The number of allylic oxidation sites excluding steroid dienone is 1. The minimum Gasteiger partial charge on any atom is -0.489 e. The van der Waals surface area contributed by atoms with Crippen molar-refractivity contribution < 1.29 is 19.0 Å². The number of carbonyl (C=O) groups is 1. The van der Waals surface area contributed by atoms with Crippen molar-refractivity contribution in [2.75, 3.05) is 0 Å². The van der Waals surface area contributed by atoms with Crippen LogP contribution in [0.25, 0.3) is 10.1 Å². The van der Waals surface area contributed by atoms with Gasteiger partial charge in [-0.25, -0.2) is 4.79 Å². The summed E-state index contributed by atoms with van der Waals surface area (Å²) in [5.41, 5.74) is 8.63. The number of esters is 1. The maximum Gasteiger partial charge on any atom is 0.355 e. The summed E-state index contributed by atoms with van der Waals surface area (Å²) in [6, 6.07) is 24.8. The van der Waals surface area contributed by atoms with Crippen molar-refractivity contribution in [3.63, 3.8) is 0 Å². The highest BCUT2D eigenvalue weighted by Gasteiger charge is 2.31. The fourth-order valence-electron chi connectivity index (χ4n) is 4.75. The zero-order chi connectivity index (χ0) is 30.2. The van der Waals surface area contributed by atoms with Gasteiger partial charge in [0.25, 0.3) is 0 Å². The van der Waals surface area contributed by atoms with E-state index in [0.717, 1.165) is 15.8 Å². The molecule has 4 aromatic carbocycles. The minimum atomic E-state index is -0.624. The van der Waals surface area contributed by atoms with E-state index in [2.05, 4.69) is 6.07 Å². The molecule has 5 aromatic rings. The lowest BCUT2D eigenvalue weighted by Crippen LogP contribution is -2.21. The molecule has 0 radical (unpaired) electrons. The number of nitrogens with two attached hydrogens (primary N) is 1. The first-order valence-corrected chi connectivity index (χ1v) is 15.0. The third-order valence-electron chi connectivity index (χ3n) is 6.78. The average Bonchev–Trinajstić information content (AvgIpc) is 3.31. The van der Waals surface area contributed by atoms with Gasteiger partial charge >= 0.3 is 5.97 Å². The minimum absolute atomic E-state index is 0.0489. The lowest BCUT2D eigenvalue weighted by atomic mass is 9.83. The smallest absolute Gasteiger partial charge is 0.355 e. The molecule has 1 aliphatic rings. The van der Waals surface area contributed by atoms with Gasteiger partial charge in [0.15, 0.2) is 0 Å². The molecule has 43 heavy (non-hydrogen) atoms. The van der Waals surface area contributed by atoms with Crippen molar-refractivity contribution in [1.29, 1.82) is 5.26 Å². The summed E-state index contributed by atoms with van der Waals surface area (Å²) in [6.45, 7) is 0.221. The highest BCUT2D eigenvalue weighted by molar-refractivity contribution is 7.21. The number of nitriles is 1. The summed E-state index contributed by atoms with van der Waals surface area (Å²) < 4.78 is 18.2. The Morgan fingerprint density at radius 1 is 0.953 bits per heavy atom. The molecule has 0 saturated carbocycles. The number of rotatable bonds is 6. The Bertz CT molecular complexity index is 2000. The SMILES string of the molecule is N#CC1=C(N)Oc2cc(OC(=O)c3sc4cc(Cl)ccc4c3Cl)ccc2C1c1cccc(OCc2ccc(Cl)cc2Cl)c1. The van der Waals surface area contributed by atoms with Crippen LogP contribution in [-0.2, 0) is 6.61 Å². The number of hydrogen-bond acceptors (Lipinski definition) is 7. The second-order valence-corrected chi connectivity index (χ2v) is 12.2. The van der Waals surface area contributed by atoms with Crippen LogP contribution in [0.5, 0.6) is 17.2 Å². The first kappa shape index (κ1) is 29.2. The number of fused-ring (bicyclic) bond motifs is 2. The van der Waals surface area contributed by atoms with Gasteiger partial charge in [-0.15, -0.1) is 11.3 Å². The Balaban J connectivity index is 1.27. The topological polar surface area (TPSA) is 94.6 Å². The van der Waals surface area contributed by atoms with Gasteiger partial charge in [0, 0.05) is 42.3 Å². The zero-order valence-electron chi connectivity index (χ0n) is 21.9. The van der Waals surface area contributed by atoms with Crippen LogP contribution in [0.4, 0.5) is 0 Å². The number of ether oxygens (including phenoxy) is 3. The highest BCUT2D eigenvalue weighted by Crippen LogP contribution is 2.44. The van der Waals surface area contributed by atoms with E-state index in [0.29, 0.717) is 42.5 Å². The second kappa shape index (κ2) is 12.0. The average molecular weight is 668 g/mol. The Kier molecular flexibility index (Phi) is 8.15. The summed E-state index contributed by atoms with van der Waals surface area (Å²) in [4.78, 5) is 13.3. The predicted molar refractivity (Wildman–Crippen MR) is 170 cm³/mol. The van der Waals surface area contributed by atoms with Crippen LogP contribution in [0.1, 0.15) is 32.3 Å². The van der Waals surface area contributed by atoms with E-state index in [-0.39, 0.29) is 28.7 Å². The maximum atomic E-state index is 13.1. The molecular weight excluding hydrogens is 650 g/mol. The normalized spacial score (nSPS) is 14.2. The van der Waals surface area contributed by atoms with Gasteiger partial charge in [-0.05, 0) is 48.0 Å². The third-order valence-corrected chi connectivity index (χ3v) is 9.24. The Morgan fingerprint density at radius 3 is 2.53 bits per heavy atom. The lowest BCUT2D eigenvalue weighted by molar-refractivity contribution is 0.0740. The van der Waals surface area contributed by atoms with Gasteiger partial charge in [0.2, 0.25) is 5.88 Å². The molecule has 0 saturated heterocycles. The van der Waals surface area contributed by atoms with Crippen LogP contribution in [0.15, 0.2) is 90.3 Å². The van der Waals surface area contributed by atoms with Gasteiger partial charge in [0.05, 0.1) is 10.9 Å². The van der Waals surface area contributed by atoms with Crippen LogP contribution in [0, 0.1) is 11.3 Å². The van der Waals surface area contributed by atoms with Crippen molar-refractivity contribution in [2.24, 2.45) is 5.73 Å². The molecular formula is C32H18Cl4N2O4S. The molecule has 6 rings (SSSR count). The first-order valence-electron chi connectivity index (χ1n) is 12.7. The highest BCUT2D eigenvalue weighted by atomic mass is 35.5. The van der Waals surface area contributed by atoms with Crippen LogP contribution in [0.3, 0.4) is 0 Å². The predicted octanol–water partition coefficient (Wildman–Crippen LogP) is 9.53. The fraction of sp³-hybridized carbons (Fsp3) is 0.0625. The van der Waals surface area contributed by atoms with Crippen LogP contribution >= 0.6 is 57.7 Å². The van der Waals surface area contributed by atoms with Crippen LogP contribution < -0.4 is 19.9 Å². The largest absolute Gasteiger partial charge is 0.489 e. The molecule has 0 spiro atoms. The van der Waals surface area contributed by atoms with E-state index >= 15 is 0 Å². The summed E-state index contributed by atoms with van der Waals surface area (Å²) >= 11 is 26.0. The molecule has 0 bridgehead atoms. The molecule has 1 unspecified atom stereocenters. The van der Waals surface area contributed by atoms with Crippen molar-refractivity contribution in [1.82, 2.24) is 0 Å². The van der Waals surface area contributed by atoms with Gasteiger partial charge in [-0.2, -0.15) is 5.26 Å². The first-order chi connectivity index (χ1) is 20.7. The summed E-state index contributed by atoms with van der Waals surface area (Å²) in [5.74, 6) is -0.0874. The monoisotopic (exact) mass is 666 g/mol. The number of halogens is 4. The lowest BCUT2D eigenvalue weighted by Gasteiger charge is -2.27. The van der Waals surface area contributed by atoms with Crippen molar-refractivity contribution >= 4 is 73.8 Å². The molecule has 1 aromatic heterocycles. The van der Waals surface area contributed by atoms with E-state index in [1.165, 1.54) is 11.3 Å². The summed E-state index contributed by atoms with van der Waals surface area (Å²) in [6.07, 6.45) is 0. The van der Waals surface area contributed by atoms with E-state index < -0.39 is 11.9 Å². The Hall–Kier alpha value is -3.90. The summed E-state index contributed by atoms with van der Waals surface area (Å²) in [7, 11) is 0. The molecule has 0 fully saturated rings. The van der Waals surface area contributed by atoms with Crippen molar-refractivity contribution in [3.05, 3.63) is 132 Å². The van der Waals surface area contributed by atoms with Gasteiger partial charge in [-0.3, -0.25) is 0 Å². The molecule has 1 aliphatic heterocycles. The Morgan fingerprint density at radius 2 is 1.74 bits per heavy atom. The number of nitrogens with zero attached hydrogens (tertiary/aromatic N) is 1. The molecule has 2 N–H and O–H groups in total. The quantitative estimate of drug-likeness (QED) is 0.143. The number of thiophene rings is 1. The van der Waals surface area contributed by atoms with E-state index in [1.807, 2.05) is 24.3 Å². The van der Waals surface area contributed by atoms with E-state index in [1.54, 1.807) is 54.6 Å². The maximum absolute atomic E-state index is 13.1. The van der Waals surface area contributed by atoms with E-state index in [4.69, 9.17) is 66.3 Å². The van der Waals surface area contributed by atoms with Gasteiger partial charge in [0.1, 0.15) is 40.4 Å².